The lowest BCUT2D eigenvalue weighted by atomic mass is 9.94. The summed E-state index contributed by atoms with van der Waals surface area (Å²) in [5.41, 5.74) is 1.39. The number of imidazole rings is 1. The van der Waals surface area contributed by atoms with Gasteiger partial charge in [-0.3, -0.25) is 9.59 Å². The van der Waals surface area contributed by atoms with E-state index in [1.54, 1.807) is 31.6 Å². The first kappa shape index (κ1) is 20.8. The summed E-state index contributed by atoms with van der Waals surface area (Å²) >= 11 is 0. The molecule has 9 nitrogen and oxygen atoms in total. The van der Waals surface area contributed by atoms with Crippen molar-refractivity contribution in [1.29, 1.82) is 0 Å². The number of hydrogen-bond acceptors (Lipinski definition) is 6. The van der Waals surface area contributed by atoms with E-state index in [0.29, 0.717) is 49.9 Å². The number of amides is 2. The van der Waals surface area contributed by atoms with Crippen LogP contribution in [-0.2, 0) is 11.3 Å². The molecule has 1 saturated heterocycles. The van der Waals surface area contributed by atoms with Crippen molar-refractivity contribution in [3.63, 3.8) is 0 Å². The molecular formula is C22H26N6O3. The Bertz CT molecular complexity index is 1010. The minimum Gasteiger partial charge on any atom is -0.421 e. The lowest BCUT2D eigenvalue weighted by molar-refractivity contribution is -0.122. The maximum atomic E-state index is 13.0. The van der Waals surface area contributed by atoms with E-state index in [4.69, 9.17) is 4.42 Å². The Hall–Kier alpha value is -3.49. The Morgan fingerprint density at radius 3 is 2.77 bits per heavy atom. The summed E-state index contributed by atoms with van der Waals surface area (Å²) in [4.78, 5) is 31.1. The van der Waals surface area contributed by atoms with Crippen LogP contribution in [0, 0.1) is 12.8 Å². The number of nitrogens with one attached hydrogen (secondary N) is 1. The first-order valence-corrected chi connectivity index (χ1v) is 10.5. The second-order valence-electron chi connectivity index (χ2n) is 7.82. The van der Waals surface area contributed by atoms with Gasteiger partial charge >= 0.3 is 0 Å². The van der Waals surface area contributed by atoms with Crippen LogP contribution in [0.4, 0.5) is 0 Å². The maximum absolute atomic E-state index is 13.0. The molecule has 3 heterocycles. The Balaban J connectivity index is 1.28. The smallest absolute Gasteiger partial charge is 0.253 e. The second kappa shape index (κ2) is 9.55. The molecule has 1 aliphatic rings. The first-order valence-electron chi connectivity index (χ1n) is 10.5. The highest BCUT2D eigenvalue weighted by Gasteiger charge is 2.26. The molecule has 1 aromatic carbocycles. The molecule has 0 bridgehead atoms. The Morgan fingerprint density at radius 1 is 1.23 bits per heavy atom. The lowest BCUT2D eigenvalue weighted by Crippen LogP contribution is -2.41. The van der Waals surface area contributed by atoms with Crippen LogP contribution >= 0.6 is 0 Å². The lowest BCUT2D eigenvalue weighted by Gasteiger charge is -2.32. The maximum Gasteiger partial charge on any atom is 0.253 e. The fourth-order valence-electron chi connectivity index (χ4n) is 3.85. The fraction of sp³-hybridized carbons (Fsp3) is 0.409. The monoisotopic (exact) mass is 422 g/mol. The van der Waals surface area contributed by atoms with Gasteiger partial charge in [0.25, 0.3) is 5.91 Å². The van der Waals surface area contributed by atoms with Gasteiger partial charge in [-0.2, -0.15) is 0 Å². The molecule has 1 fully saturated rings. The van der Waals surface area contributed by atoms with Crippen molar-refractivity contribution in [2.75, 3.05) is 19.6 Å². The van der Waals surface area contributed by atoms with E-state index in [-0.39, 0.29) is 17.7 Å². The number of carbonyl (C=O) groups is 2. The number of hydrogen-bond donors (Lipinski definition) is 1. The van der Waals surface area contributed by atoms with Gasteiger partial charge in [-0.05, 0) is 43.0 Å². The SMILES string of the molecule is Cc1nnc(-c2ccc(C(=O)N3CCC[C@@H](CC(=O)NCCn4ccnc4)C3)cc2)o1. The first-order chi connectivity index (χ1) is 15.1. The Kier molecular flexibility index (Phi) is 6.40. The van der Waals surface area contributed by atoms with Crippen LogP contribution in [0.3, 0.4) is 0 Å². The van der Waals surface area contributed by atoms with Crippen molar-refractivity contribution in [3.05, 3.63) is 54.4 Å². The average Bonchev–Trinajstić information content (AvgIpc) is 3.45. The van der Waals surface area contributed by atoms with Crippen molar-refractivity contribution in [2.24, 2.45) is 5.92 Å². The third-order valence-corrected chi connectivity index (χ3v) is 5.44. The topological polar surface area (TPSA) is 106 Å². The summed E-state index contributed by atoms with van der Waals surface area (Å²) in [7, 11) is 0. The number of carbonyl (C=O) groups excluding carboxylic acids is 2. The number of benzene rings is 1. The van der Waals surface area contributed by atoms with Crippen molar-refractivity contribution in [3.8, 4) is 11.5 Å². The van der Waals surface area contributed by atoms with Crippen LogP contribution in [0.25, 0.3) is 11.5 Å². The highest BCUT2D eigenvalue weighted by atomic mass is 16.4. The summed E-state index contributed by atoms with van der Waals surface area (Å²) in [6, 6.07) is 7.19. The van der Waals surface area contributed by atoms with E-state index in [2.05, 4.69) is 20.5 Å². The predicted octanol–water partition coefficient (Wildman–Crippen LogP) is 2.30. The summed E-state index contributed by atoms with van der Waals surface area (Å²) < 4.78 is 7.35. The van der Waals surface area contributed by atoms with Crippen LogP contribution in [0.15, 0.2) is 47.4 Å². The molecule has 3 aromatic rings. The normalized spacial score (nSPS) is 16.3. The molecule has 1 atom stereocenters. The van der Waals surface area contributed by atoms with Crippen molar-refractivity contribution >= 4 is 11.8 Å². The molecule has 0 radical (unpaired) electrons. The summed E-state index contributed by atoms with van der Waals surface area (Å²) in [6.07, 6.45) is 7.60. The molecule has 0 saturated carbocycles. The minimum atomic E-state index is -0.0153. The van der Waals surface area contributed by atoms with Gasteiger partial charge in [0, 0.05) is 63.0 Å². The van der Waals surface area contributed by atoms with Crippen LogP contribution in [0.1, 0.15) is 35.5 Å². The molecule has 162 valence electrons. The van der Waals surface area contributed by atoms with Gasteiger partial charge in [0.2, 0.25) is 17.7 Å². The number of nitrogens with zero attached hydrogens (tertiary/aromatic N) is 5. The summed E-state index contributed by atoms with van der Waals surface area (Å²) in [6.45, 7) is 4.30. The molecule has 31 heavy (non-hydrogen) atoms. The third kappa shape index (κ3) is 5.36. The van der Waals surface area contributed by atoms with Crippen LogP contribution < -0.4 is 5.32 Å². The zero-order chi connectivity index (χ0) is 21.6. The van der Waals surface area contributed by atoms with E-state index >= 15 is 0 Å². The zero-order valence-electron chi connectivity index (χ0n) is 17.5. The van der Waals surface area contributed by atoms with E-state index in [1.165, 1.54) is 0 Å². The van der Waals surface area contributed by atoms with Crippen LogP contribution in [-0.4, -0.2) is 56.1 Å². The molecule has 0 spiro atoms. The Labute approximate surface area is 180 Å². The van der Waals surface area contributed by atoms with Gasteiger partial charge in [0.15, 0.2) is 0 Å². The van der Waals surface area contributed by atoms with Crippen LogP contribution in [0.5, 0.6) is 0 Å². The molecule has 2 aromatic heterocycles. The van der Waals surface area contributed by atoms with Gasteiger partial charge in [0.05, 0.1) is 6.33 Å². The summed E-state index contributed by atoms with van der Waals surface area (Å²) in [5.74, 6) is 1.12. The second-order valence-corrected chi connectivity index (χ2v) is 7.82. The average molecular weight is 422 g/mol. The van der Waals surface area contributed by atoms with Gasteiger partial charge < -0.3 is 19.2 Å². The highest BCUT2D eigenvalue weighted by Crippen LogP contribution is 2.23. The fourth-order valence-corrected chi connectivity index (χ4v) is 3.85. The quantitative estimate of drug-likeness (QED) is 0.626. The molecule has 0 aliphatic carbocycles. The van der Waals surface area contributed by atoms with Gasteiger partial charge in [-0.1, -0.05) is 0 Å². The molecule has 4 rings (SSSR count). The largest absolute Gasteiger partial charge is 0.421 e. The number of aromatic nitrogens is 4. The van der Waals surface area contributed by atoms with Crippen LogP contribution in [0.2, 0.25) is 0 Å². The molecular weight excluding hydrogens is 396 g/mol. The summed E-state index contributed by atoms with van der Waals surface area (Å²) in [5, 5.41) is 10.8. The van der Waals surface area contributed by atoms with Gasteiger partial charge in [-0.15, -0.1) is 10.2 Å². The molecule has 2 amide bonds. The van der Waals surface area contributed by atoms with Gasteiger partial charge in [-0.25, -0.2) is 4.98 Å². The van der Waals surface area contributed by atoms with E-state index in [1.807, 2.05) is 27.8 Å². The van der Waals surface area contributed by atoms with Gasteiger partial charge in [0.1, 0.15) is 0 Å². The number of likely N-dealkylation sites (tertiary alicyclic amines) is 1. The standard InChI is InChI=1S/C22H26N6O3/c1-16-25-26-21(31-16)18-4-6-19(7-5-18)22(30)28-10-2-3-17(14-28)13-20(29)24-9-12-27-11-8-23-15-27/h4-8,11,15,17H,2-3,9-10,12-14H2,1H3,(H,24,29)/t17-/m0/s1. The van der Waals surface area contributed by atoms with E-state index in [0.717, 1.165) is 18.4 Å². The molecule has 9 heteroatoms. The number of aryl methyl sites for hydroxylation is 1. The Morgan fingerprint density at radius 2 is 2.06 bits per heavy atom. The molecule has 1 aliphatic heterocycles. The van der Waals surface area contributed by atoms with E-state index in [9.17, 15) is 9.59 Å². The molecule has 0 unspecified atom stereocenters. The number of rotatable bonds is 7. The van der Waals surface area contributed by atoms with Crippen molar-refractivity contribution < 1.29 is 14.0 Å². The van der Waals surface area contributed by atoms with Crippen molar-refractivity contribution in [1.82, 2.24) is 30.0 Å². The highest BCUT2D eigenvalue weighted by molar-refractivity contribution is 5.94. The minimum absolute atomic E-state index is 0.0153. The molecule has 1 N–H and O–H groups in total. The van der Waals surface area contributed by atoms with E-state index < -0.39 is 0 Å². The number of piperidine rings is 1. The van der Waals surface area contributed by atoms with Crippen molar-refractivity contribution in [2.45, 2.75) is 32.7 Å². The zero-order valence-corrected chi connectivity index (χ0v) is 17.5. The predicted molar refractivity (Wildman–Crippen MR) is 113 cm³/mol. The third-order valence-electron chi connectivity index (χ3n) is 5.44.